The Balaban J connectivity index is 2.67. The number of hydrogen-bond donors (Lipinski definition) is 2. The van der Waals surface area contributed by atoms with Gasteiger partial charge < -0.3 is 25.0 Å². The maximum absolute atomic E-state index is 13.6. The van der Waals surface area contributed by atoms with E-state index in [9.17, 15) is 35.9 Å². The van der Waals surface area contributed by atoms with Crippen LogP contribution in [0.4, 0.5) is 37.7 Å². The highest BCUT2D eigenvalue weighted by Gasteiger charge is 2.43. The van der Waals surface area contributed by atoms with Crippen molar-refractivity contribution < 1.29 is 45.8 Å². The molecule has 0 radical (unpaired) electrons. The Labute approximate surface area is 172 Å². The van der Waals surface area contributed by atoms with Crippen molar-refractivity contribution in [2.24, 2.45) is 0 Å². The van der Waals surface area contributed by atoms with E-state index >= 15 is 0 Å². The SMILES string of the molecule is COC(=O)C1=C(Nc2cc(C(F)(F)F)c(N(C)C)c(C(F)(F)F)c2)C(=O)N(CCO)C1. The van der Waals surface area contributed by atoms with E-state index in [0.717, 1.165) is 26.1 Å². The summed E-state index contributed by atoms with van der Waals surface area (Å²) in [5.41, 5.74) is -5.76. The zero-order valence-corrected chi connectivity index (χ0v) is 16.6. The number of anilines is 2. The molecular weight excluding hydrogens is 436 g/mol. The van der Waals surface area contributed by atoms with Crippen LogP contribution in [0.5, 0.6) is 0 Å². The molecule has 0 unspecified atom stereocenters. The lowest BCUT2D eigenvalue weighted by molar-refractivity contribution is -0.142. The average Bonchev–Trinajstić information content (AvgIpc) is 2.95. The van der Waals surface area contributed by atoms with Crippen molar-refractivity contribution in [2.45, 2.75) is 12.4 Å². The predicted octanol–water partition coefficient (Wildman–Crippen LogP) is 2.46. The topological polar surface area (TPSA) is 82.1 Å². The maximum atomic E-state index is 13.6. The van der Waals surface area contributed by atoms with Gasteiger partial charge in [0, 0.05) is 26.3 Å². The van der Waals surface area contributed by atoms with Crippen LogP contribution in [0.3, 0.4) is 0 Å². The number of halogens is 6. The second-order valence-corrected chi connectivity index (χ2v) is 6.73. The number of carbonyl (C=O) groups is 2. The monoisotopic (exact) mass is 455 g/mol. The molecule has 1 aliphatic rings. The number of hydrogen-bond acceptors (Lipinski definition) is 6. The highest BCUT2D eigenvalue weighted by Crippen LogP contribution is 2.46. The van der Waals surface area contributed by atoms with Crippen LogP contribution in [-0.2, 0) is 26.7 Å². The number of nitrogens with one attached hydrogen (secondary N) is 1. The summed E-state index contributed by atoms with van der Waals surface area (Å²) in [6.45, 7) is -1.00. The van der Waals surface area contributed by atoms with Gasteiger partial charge in [-0.05, 0) is 12.1 Å². The lowest BCUT2D eigenvalue weighted by Crippen LogP contribution is -2.31. The number of nitrogens with zero attached hydrogens (tertiary/aromatic N) is 2. The number of aliphatic hydroxyl groups is 1. The Morgan fingerprint density at radius 1 is 1.16 bits per heavy atom. The highest BCUT2D eigenvalue weighted by molar-refractivity contribution is 6.08. The largest absolute Gasteiger partial charge is 0.466 e. The minimum atomic E-state index is -5.14. The van der Waals surface area contributed by atoms with Crippen LogP contribution < -0.4 is 10.2 Å². The van der Waals surface area contributed by atoms with Gasteiger partial charge in [-0.2, -0.15) is 26.3 Å². The number of rotatable bonds is 6. The lowest BCUT2D eigenvalue weighted by atomic mass is 10.0. The number of esters is 1. The number of amides is 1. The third-order valence-electron chi connectivity index (χ3n) is 4.39. The first-order chi connectivity index (χ1) is 14.2. The third-order valence-corrected chi connectivity index (χ3v) is 4.39. The van der Waals surface area contributed by atoms with Gasteiger partial charge >= 0.3 is 18.3 Å². The third kappa shape index (κ3) is 5.03. The zero-order chi connectivity index (χ0) is 23.7. The van der Waals surface area contributed by atoms with Crippen molar-refractivity contribution in [1.29, 1.82) is 0 Å². The van der Waals surface area contributed by atoms with Crippen molar-refractivity contribution in [3.63, 3.8) is 0 Å². The van der Waals surface area contributed by atoms with E-state index in [4.69, 9.17) is 5.11 Å². The van der Waals surface area contributed by atoms with Crippen LogP contribution in [0.15, 0.2) is 23.4 Å². The zero-order valence-electron chi connectivity index (χ0n) is 16.6. The van der Waals surface area contributed by atoms with E-state index in [1.807, 2.05) is 0 Å². The molecule has 2 rings (SSSR count). The van der Waals surface area contributed by atoms with Gasteiger partial charge in [0.1, 0.15) is 5.70 Å². The molecule has 0 aromatic heterocycles. The van der Waals surface area contributed by atoms with Gasteiger partial charge in [-0.3, -0.25) is 4.79 Å². The second kappa shape index (κ2) is 8.65. The van der Waals surface area contributed by atoms with E-state index in [0.29, 0.717) is 17.0 Å². The van der Waals surface area contributed by atoms with Crippen LogP contribution in [-0.4, -0.2) is 62.8 Å². The quantitative estimate of drug-likeness (QED) is 0.507. The van der Waals surface area contributed by atoms with E-state index in [-0.39, 0.29) is 18.7 Å². The predicted molar refractivity (Wildman–Crippen MR) is 97.1 cm³/mol. The molecule has 31 heavy (non-hydrogen) atoms. The summed E-state index contributed by atoms with van der Waals surface area (Å²) >= 11 is 0. The van der Waals surface area contributed by atoms with Gasteiger partial charge in [0.2, 0.25) is 0 Å². The molecule has 0 saturated heterocycles. The smallest absolute Gasteiger partial charge is 0.418 e. The first-order valence-corrected chi connectivity index (χ1v) is 8.70. The Morgan fingerprint density at radius 3 is 2.06 bits per heavy atom. The second-order valence-electron chi connectivity index (χ2n) is 6.73. The Hall–Kier alpha value is -2.96. The van der Waals surface area contributed by atoms with Crippen LogP contribution in [0.1, 0.15) is 11.1 Å². The Bertz CT molecular complexity index is 874. The molecule has 0 saturated carbocycles. The number of ether oxygens (including phenoxy) is 1. The molecular formula is C18H19F6N3O4. The summed E-state index contributed by atoms with van der Waals surface area (Å²) in [5, 5.41) is 11.3. The van der Waals surface area contributed by atoms with Gasteiger partial charge in [0.15, 0.2) is 0 Å². The van der Waals surface area contributed by atoms with E-state index in [1.165, 1.54) is 0 Å². The Kier molecular flexibility index (Phi) is 6.78. The van der Waals surface area contributed by atoms with Crippen LogP contribution >= 0.6 is 0 Å². The molecule has 1 amide bonds. The molecule has 13 heteroatoms. The summed E-state index contributed by atoms with van der Waals surface area (Å²) in [6, 6.07) is 0.850. The van der Waals surface area contributed by atoms with Crippen LogP contribution in [0.25, 0.3) is 0 Å². The summed E-state index contributed by atoms with van der Waals surface area (Å²) in [6.07, 6.45) is -10.3. The lowest BCUT2D eigenvalue weighted by Gasteiger charge is -2.25. The molecule has 1 heterocycles. The van der Waals surface area contributed by atoms with Gasteiger partial charge in [0.25, 0.3) is 5.91 Å². The van der Waals surface area contributed by atoms with Gasteiger partial charge in [0.05, 0.1) is 42.6 Å². The number of carbonyl (C=O) groups excluding carboxylic acids is 2. The first kappa shape index (κ1) is 24.3. The molecule has 1 aromatic rings. The van der Waals surface area contributed by atoms with Crippen molar-refractivity contribution in [3.8, 4) is 0 Å². The van der Waals surface area contributed by atoms with Crippen LogP contribution in [0.2, 0.25) is 0 Å². The number of methoxy groups -OCH3 is 1. The average molecular weight is 455 g/mol. The summed E-state index contributed by atoms with van der Waals surface area (Å²) in [4.78, 5) is 26.2. The maximum Gasteiger partial charge on any atom is 0.418 e. The molecule has 1 aliphatic heterocycles. The minimum Gasteiger partial charge on any atom is -0.466 e. The van der Waals surface area contributed by atoms with Crippen molar-refractivity contribution >= 4 is 23.3 Å². The summed E-state index contributed by atoms with van der Waals surface area (Å²) < 4.78 is 85.9. The molecule has 0 aliphatic carbocycles. The Morgan fingerprint density at radius 2 is 1.68 bits per heavy atom. The van der Waals surface area contributed by atoms with E-state index in [1.54, 1.807) is 0 Å². The fourth-order valence-electron chi connectivity index (χ4n) is 3.11. The van der Waals surface area contributed by atoms with Crippen molar-refractivity contribution in [3.05, 3.63) is 34.5 Å². The van der Waals surface area contributed by atoms with Gasteiger partial charge in [-0.1, -0.05) is 0 Å². The fourth-order valence-corrected chi connectivity index (χ4v) is 3.11. The van der Waals surface area contributed by atoms with Crippen LogP contribution in [0, 0.1) is 0 Å². The standard InChI is InChI=1S/C18H19F6N3O4/c1-26(2)14-11(17(19,20)21)6-9(7-12(14)18(22,23)24)25-13-10(16(30)31-3)8-27(4-5-28)15(13)29/h6-7,25,28H,4-5,8H2,1-3H3. The van der Waals surface area contributed by atoms with Crippen molar-refractivity contribution in [1.82, 2.24) is 4.90 Å². The number of β-amino-alcohol motifs (C(OH)–C–C–N with tert-alkyl or cyclic N) is 1. The number of benzene rings is 1. The molecule has 1 aromatic carbocycles. The number of alkyl halides is 6. The molecule has 2 N–H and O–H groups in total. The van der Waals surface area contributed by atoms with E-state index in [2.05, 4.69) is 10.1 Å². The van der Waals surface area contributed by atoms with Crippen molar-refractivity contribution in [2.75, 3.05) is 51.1 Å². The molecule has 0 fully saturated rings. The first-order valence-electron chi connectivity index (χ1n) is 8.70. The minimum absolute atomic E-state index is 0.203. The molecule has 0 atom stereocenters. The summed E-state index contributed by atoms with van der Waals surface area (Å²) in [7, 11) is 3.08. The summed E-state index contributed by atoms with van der Waals surface area (Å²) in [5.74, 6) is -1.87. The molecule has 7 nitrogen and oxygen atoms in total. The molecule has 172 valence electrons. The fraction of sp³-hybridized carbons (Fsp3) is 0.444. The normalized spacial score (nSPS) is 14.9. The number of aliphatic hydroxyl groups excluding tert-OH is 1. The molecule has 0 bridgehead atoms. The molecule has 0 spiro atoms. The van der Waals surface area contributed by atoms with Gasteiger partial charge in [-0.25, -0.2) is 4.79 Å². The van der Waals surface area contributed by atoms with E-state index < -0.39 is 59.0 Å². The highest BCUT2D eigenvalue weighted by atomic mass is 19.4. The van der Waals surface area contributed by atoms with Gasteiger partial charge in [-0.15, -0.1) is 0 Å².